The Kier molecular flexibility index (Phi) is 4.12. The summed E-state index contributed by atoms with van der Waals surface area (Å²) in [4.78, 5) is 11.0. The van der Waals surface area contributed by atoms with Gasteiger partial charge in [0.05, 0.1) is 12.2 Å². The molecular weight excluding hydrogens is 202 g/mol. The molecule has 80 valence electrons. The number of esters is 1. The van der Waals surface area contributed by atoms with Crippen molar-refractivity contribution in [3.8, 4) is 17.9 Å². The molecule has 3 heteroatoms. The molecule has 1 aromatic carbocycles. The lowest BCUT2D eigenvalue weighted by atomic mass is 10.0. The van der Waals surface area contributed by atoms with E-state index in [0.717, 1.165) is 5.56 Å². The summed E-state index contributed by atoms with van der Waals surface area (Å²) in [5.41, 5.74) is 1.92. The second-order valence-electron chi connectivity index (χ2n) is 3.08. The Morgan fingerprint density at radius 1 is 1.50 bits per heavy atom. The minimum absolute atomic E-state index is 0.298. The first kappa shape index (κ1) is 11.8. The number of nitriles is 1. The van der Waals surface area contributed by atoms with Crippen molar-refractivity contribution in [1.29, 1.82) is 5.26 Å². The molecule has 0 aliphatic heterocycles. The number of rotatable bonds is 1. The Bertz CT molecular complexity index is 501. The molecule has 0 radical (unpaired) electrons. The molecule has 1 rings (SSSR count). The first-order valence-corrected chi connectivity index (χ1v) is 4.87. The van der Waals surface area contributed by atoms with Gasteiger partial charge in [-0.3, -0.25) is 0 Å². The Morgan fingerprint density at radius 2 is 2.25 bits per heavy atom. The molecule has 0 aliphatic rings. The predicted octanol–water partition coefficient (Wildman–Crippen LogP) is 1.78. The molecule has 1 aromatic rings. The number of carbonyl (C=O) groups excluding carboxylic acids is 1. The predicted molar refractivity (Wildman–Crippen MR) is 59.4 cm³/mol. The van der Waals surface area contributed by atoms with Crippen LogP contribution in [0.3, 0.4) is 0 Å². The van der Waals surface area contributed by atoms with Crippen LogP contribution in [0.2, 0.25) is 0 Å². The molecule has 0 heterocycles. The summed E-state index contributed by atoms with van der Waals surface area (Å²) in [6.45, 7) is 3.86. The Morgan fingerprint density at radius 3 is 2.88 bits per heavy atom. The highest BCUT2D eigenvalue weighted by Crippen LogP contribution is 2.11. The van der Waals surface area contributed by atoms with E-state index in [1.165, 1.54) is 0 Å². The zero-order valence-corrected chi connectivity index (χ0v) is 9.20. The zero-order valence-electron chi connectivity index (χ0n) is 9.20. The summed E-state index contributed by atoms with van der Waals surface area (Å²) in [6, 6.07) is 7.33. The zero-order chi connectivity index (χ0) is 12.0. The van der Waals surface area contributed by atoms with Crippen molar-refractivity contribution < 1.29 is 9.53 Å². The molecule has 0 atom stereocenters. The van der Waals surface area contributed by atoms with Crippen LogP contribution in [0.5, 0.6) is 0 Å². The number of aryl methyl sites for hydroxylation is 1. The first-order valence-electron chi connectivity index (χ1n) is 4.87. The van der Waals surface area contributed by atoms with E-state index >= 15 is 0 Å². The van der Waals surface area contributed by atoms with Crippen LogP contribution in [0.25, 0.3) is 0 Å². The van der Waals surface area contributed by atoms with Gasteiger partial charge in [0.2, 0.25) is 0 Å². The van der Waals surface area contributed by atoms with Crippen LogP contribution in [-0.4, -0.2) is 12.6 Å². The number of benzene rings is 1. The highest BCUT2D eigenvalue weighted by Gasteiger charge is 2.02. The van der Waals surface area contributed by atoms with Gasteiger partial charge in [-0.25, -0.2) is 4.79 Å². The van der Waals surface area contributed by atoms with Crippen LogP contribution in [0, 0.1) is 30.1 Å². The van der Waals surface area contributed by atoms with Crippen molar-refractivity contribution in [3.63, 3.8) is 0 Å². The Labute approximate surface area is 94.7 Å². The fourth-order valence-electron chi connectivity index (χ4n) is 1.21. The highest BCUT2D eigenvalue weighted by molar-refractivity contribution is 5.89. The van der Waals surface area contributed by atoms with E-state index in [4.69, 9.17) is 5.26 Å². The average Bonchev–Trinajstić information content (AvgIpc) is 2.27. The van der Waals surface area contributed by atoms with Gasteiger partial charge in [0, 0.05) is 11.5 Å². The topological polar surface area (TPSA) is 50.1 Å². The molecule has 0 amide bonds. The van der Waals surface area contributed by atoms with Gasteiger partial charge in [-0.1, -0.05) is 18.1 Å². The summed E-state index contributed by atoms with van der Waals surface area (Å²) in [7, 11) is 0. The van der Waals surface area contributed by atoms with Crippen LogP contribution in [0.4, 0.5) is 0 Å². The summed E-state index contributed by atoms with van der Waals surface area (Å²) in [5, 5.41) is 8.88. The highest BCUT2D eigenvalue weighted by atomic mass is 16.5. The van der Waals surface area contributed by atoms with Crippen molar-refractivity contribution in [2.75, 3.05) is 6.61 Å². The number of nitrogens with zero attached hydrogens (tertiary/aromatic N) is 1. The van der Waals surface area contributed by atoms with E-state index in [9.17, 15) is 4.79 Å². The van der Waals surface area contributed by atoms with Crippen LogP contribution in [0.15, 0.2) is 18.2 Å². The summed E-state index contributed by atoms with van der Waals surface area (Å²) >= 11 is 0. The molecule has 0 spiro atoms. The summed E-state index contributed by atoms with van der Waals surface area (Å²) < 4.78 is 4.68. The third-order valence-corrected chi connectivity index (χ3v) is 1.96. The molecule has 0 aromatic heterocycles. The number of carbonyl (C=O) groups is 1. The second-order valence-corrected chi connectivity index (χ2v) is 3.08. The standard InChI is InChI=1S/C13H11NO2/c1-3-16-13(15)8-7-12-10(2)5-4-6-11(12)9-14/h4-6H,3H2,1-2H3. The summed E-state index contributed by atoms with van der Waals surface area (Å²) in [5.74, 6) is 4.45. The van der Waals surface area contributed by atoms with E-state index in [-0.39, 0.29) is 0 Å². The van der Waals surface area contributed by atoms with Crippen molar-refractivity contribution in [2.24, 2.45) is 0 Å². The van der Waals surface area contributed by atoms with Crippen LogP contribution in [-0.2, 0) is 9.53 Å². The lowest BCUT2D eigenvalue weighted by Gasteiger charge is -1.99. The van der Waals surface area contributed by atoms with Gasteiger partial charge in [-0.2, -0.15) is 5.26 Å². The fourth-order valence-corrected chi connectivity index (χ4v) is 1.21. The molecule has 0 fully saturated rings. The Hall–Kier alpha value is -2.26. The average molecular weight is 213 g/mol. The van der Waals surface area contributed by atoms with Crippen molar-refractivity contribution in [3.05, 3.63) is 34.9 Å². The number of hydrogen-bond donors (Lipinski definition) is 0. The van der Waals surface area contributed by atoms with Crippen molar-refractivity contribution in [1.82, 2.24) is 0 Å². The maximum absolute atomic E-state index is 11.0. The van der Waals surface area contributed by atoms with E-state index in [1.54, 1.807) is 19.1 Å². The fraction of sp³-hybridized carbons (Fsp3) is 0.231. The molecule has 3 nitrogen and oxygen atoms in total. The maximum atomic E-state index is 11.0. The van der Waals surface area contributed by atoms with Gasteiger partial charge < -0.3 is 4.74 Å². The normalized spacial score (nSPS) is 8.56. The van der Waals surface area contributed by atoms with E-state index in [2.05, 4.69) is 16.6 Å². The molecule has 0 aliphatic carbocycles. The molecule has 16 heavy (non-hydrogen) atoms. The monoisotopic (exact) mass is 213 g/mol. The molecular formula is C13H11NO2. The third kappa shape index (κ3) is 2.87. The molecule has 0 saturated carbocycles. The lowest BCUT2D eigenvalue weighted by molar-refractivity contribution is -0.136. The second kappa shape index (κ2) is 5.58. The lowest BCUT2D eigenvalue weighted by Crippen LogP contribution is -2.00. The summed E-state index contributed by atoms with van der Waals surface area (Å²) in [6.07, 6.45) is 0. The third-order valence-electron chi connectivity index (χ3n) is 1.96. The SMILES string of the molecule is CCOC(=O)C#Cc1c(C)cccc1C#N. The van der Waals surface area contributed by atoms with Crippen LogP contribution >= 0.6 is 0 Å². The van der Waals surface area contributed by atoms with Gasteiger partial charge >= 0.3 is 5.97 Å². The van der Waals surface area contributed by atoms with E-state index < -0.39 is 5.97 Å². The van der Waals surface area contributed by atoms with E-state index in [1.807, 2.05) is 19.1 Å². The molecule has 0 bridgehead atoms. The maximum Gasteiger partial charge on any atom is 0.384 e. The first-order chi connectivity index (χ1) is 7.69. The van der Waals surface area contributed by atoms with Gasteiger partial charge in [-0.05, 0) is 25.5 Å². The molecule has 0 N–H and O–H groups in total. The number of ether oxygens (including phenoxy) is 1. The number of hydrogen-bond acceptors (Lipinski definition) is 3. The minimum atomic E-state index is -0.574. The van der Waals surface area contributed by atoms with Crippen LogP contribution < -0.4 is 0 Å². The molecule has 0 saturated heterocycles. The van der Waals surface area contributed by atoms with Gasteiger partial charge in [0.1, 0.15) is 6.07 Å². The van der Waals surface area contributed by atoms with E-state index in [0.29, 0.717) is 17.7 Å². The van der Waals surface area contributed by atoms with Crippen molar-refractivity contribution in [2.45, 2.75) is 13.8 Å². The minimum Gasteiger partial charge on any atom is -0.456 e. The van der Waals surface area contributed by atoms with Crippen LogP contribution in [0.1, 0.15) is 23.6 Å². The van der Waals surface area contributed by atoms with Gasteiger partial charge in [-0.15, -0.1) is 0 Å². The van der Waals surface area contributed by atoms with Gasteiger partial charge in [0.15, 0.2) is 0 Å². The molecule has 0 unspecified atom stereocenters. The quantitative estimate of drug-likeness (QED) is 0.527. The smallest absolute Gasteiger partial charge is 0.384 e. The van der Waals surface area contributed by atoms with Gasteiger partial charge in [0.25, 0.3) is 0 Å². The largest absolute Gasteiger partial charge is 0.456 e. The van der Waals surface area contributed by atoms with Crippen molar-refractivity contribution >= 4 is 5.97 Å². The Balaban J connectivity index is 3.06.